The molecule has 1 unspecified atom stereocenters. The number of amides is 1. The second-order valence-electron chi connectivity index (χ2n) is 3.78. The molecule has 0 aromatic heterocycles. The maximum atomic E-state index is 13.4. The number of hydrogen-bond donors (Lipinski definition) is 1. The zero-order valence-electron chi connectivity index (χ0n) is 9.61. The van der Waals surface area contributed by atoms with Gasteiger partial charge in [0.05, 0.1) is 5.69 Å². The molecule has 0 fully saturated rings. The number of carbonyl (C=O) groups excluding carboxylic acids is 1. The number of carbonyl (C=O) groups is 1. The lowest BCUT2D eigenvalue weighted by atomic mass is 10.1. The second kappa shape index (κ2) is 5.61. The van der Waals surface area contributed by atoms with Crippen molar-refractivity contribution in [1.82, 2.24) is 0 Å². The van der Waals surface area contributed by atoms with Gasteiger partial charge in [-0.25, -0.2) is 4.39 Å². The lowest BCUT2D eigenvalue weighted by Gasteiger charge is -2.19. The van der Waals surface area contributed by atoms with Gasteiger partial charge >= 0.3 is 0 Å². The van der Waals surface area contributed by atoms with Crippen molar-refractivity contribution in [2.24, 2.45) is 5.73 Å². The van der Waals surface area contributed by atoms with Gasteiger partial charge in [0.2, 0.25) is 5.91 Å². The van der Waals surface area contributed by atoms with Crippen LogP contribution in [0.25, 0.3) is 0 Å². The third-order valence-electron chi connectivity index (χ3n) is 2.55. The summed E-state index contributed by atoms with van der Waals surface area (Å²) in [6.07, 6.45) is 0.970. The summed E-state index contributed by atoms with van der Waals surface area (Å²) >= 11 is 0. The molecular weight excluding hydrogens is 207 g/mol. The van der Waals surface area contributed by atoms with E-state index in [0.717, 1.165) is 6.42 Å². The molecule has 0 saturated carbocycles. The van der Waals surface area contributed by atoms with E-state index < -0.39 is 5.82 Å². The Morgan fingerprint density at radius 3 is 2.69 bits per heavy atom. The molecule has 0 spiro atoms. The standard InChI is InChI=1S/C12H17FN2O/c1-3-9(14)8-12(16)15(2)11-7-5-4-6-10(11)13/h4-7,9H,3,8,14H2,1-2H3. The van der Waals surface area contributed by atoms with Gasteiger partial charge in [-0.3, -0.25) is 4.79 Å². The van der Waals surface area contributed by atoms with Crippen LogP contribution >= 0.6 is 0 Å². The topological polar surface area (TPSA) is 46.3 Å². The molecule has 0 bridgehead atoms. The van der Waals surface area contributed by atoms with Crippen molar-refractivity contribution < 1.29 is 9.18 Å². The highest BCUT2D eigenvalue weighted by molar-refractivity contribution is 5.93. The largest absolute Gasteiger partial charge is 0.327 e. The molecule has 16 heavy (non-hydrogen) atoms. The van der Waals surface area contributed by atoms with Gasteiger partial charge in [0.1, 0.15) is 5.82 Å². The first-order chi connectivity index (χ1) is 7.56. The molecule has 1 atom stereocenters. The summed E-state index contributed by atoms with van der Waals surface area (Å²) in [6.45, 7) is 1.92. The number of nitrogens with two attached hydrogens (primary N) is 1. The van der Waals surface area contributed by atoms with Crippen LogP contribution in [0.15, 0.2) is 24.3 Å². The Hall–Kier alpha value is -1.42. The Morgan fingerprint density at radius 1 is 1.50 bits per heavy atom. The normalized spacial score (nSPS) is 12.2. The molecule has 0 heterocycles. The van der Waals surface area contributed by atoms with Crippen molar-refractivity contribution in [2.45, 2.75) is 25.8 Å². The van der Waals surface area contributed by atoms with Crippen molar-refractivity contribution in [3.8, 4) is 0 Å². The Labute approximate surface area is 95.0 Å². The lowest BCUT2D eigenvalue weighted by molar-refractivity contribution is -0.118. The van der Waals surface area contributed by atoms with Crippen molar-refractivity contribution in [3.63, 3.8) is 0 Å². The SMILES string of the molecule is CCC(N)CC(=O)N(C)c1ccccc1F. The molecule has 0 aliphatic heterocycles. The third kappa shape index (κ3) is 3.03. The van der Waals surface area contributed by atoms with E-state index in [1.54, 1.807) is 25.2 Å². The fraction of sp³-hybridized carbons (Fsp3) is 0.417. The van der Waals surface area contributed by atoms with Crippen molar-refractivity contribution >= 4 is 11.6 Å². The van der Waals surface area contributed by atoms with Crippen LogP contribution in [0.4, 0.5) is 10.1 Å². The molecule has 0 saturated heterocycles. The number of hydrogen-bond acceptors (Lipinski definition) is 2. The summed E-state index contributed by atoms with van der Waals surface area (Å²) in [5.74, 6) is -0.567. The highest BCUT2D eigenvalue weighted by Gasteiger charge is 2.16. The van der Waals surface area contributed by atoms with Crippen molar-refractivity contribution in [3.05, 3.63) is 30.1 Å². The highest BCUT2D eigenvalue weighted by Crippen LogP contribution is 2.18. The van der Waals surface area contributed by atoms with Gasteiger partial charge in [0, 0.05) is 19.5 Å². The van der Waals surface area contributed by atoms with Crippen LogP contribution in [-0.4, -0.2) is 19.0 Å². The van der Waals surface area contributed by atoms with Gasteiger partial charge in [-0.05, 0) is 18.6 Å². The minimum Gasteiger partial charge on any atom is -0.327 e. The molecule has 4 heteroatoms. The van der Waals surface area contributed by atoms with Gasteiger partial charge in [0.25, 0.3) is 0 Å². The fourth-order valence-corrected chi connectivity index (χ4v) is 1.36. The van der Waals surface area contributed by atoms with Gasteiger partial charge in [0.15, 0.2) is 0 Å². The molecule has 3 nitrogen and oxygen atoms in total. The van der Waals surface area contributed by atoms with Crippen LogP contribution in [0.1, 0.15) is 19.8 Å². The zero-order valence-corrected chi connectivity index (χ0v) is 9.61. The predicted octanol–water partition coefficient (Wildman–Crippen LogP) is 1.92. The van der Waals surface area contributed by atoms with Gasteiger partial charge in [-0.15, -0.1) is 0 Å². The maximum absolute atomic E-state index is 13.4. The second-order valence-corrected chi connectivity index (χ2v) is 3.78. The summed E-state index contributed by atoms with van der Waals surface area (Å²) < 4.78 is 13.4. The van der Waals surface area contributed by atoms with Crippen LogP contribution in [0.5, 0.6) is 0 Å². The van der Waals surface area contributed by atoms with Crippen LogP contribution in [0, 0.1) is 5.82 Å². The molecule has 1 amide bonds. The van der Waals surface area contributed by atoms with Gasteiger partial charge in [-0.2, -0.15) is 0 Å². The van der Waals surface area contributed by atoms with E-state index in [9.17, 15) is 9.18 Å². The van der Waals surface area contributed by atoms with E-state index in [1.165, 1.54) is 11.0 Å². The van der Waals surface area contributed by atoms with E-state index in [4.69, 9.17) is 5.73 Å². The number of halogens is 1. The van der Waals surface area contributed by atoms with Gasteiger partial charge in [-0.1, -0.05) is 19.1 Å². The first kappa shape index (κ1) is 12.6. The van der Waals surface area contributed by atoms with Crippen LogP contribution < -0.4 is 10.6 Å². The van der Waals surface area contributed by atoms with Crippen molar-refractivity contribution in [1.29, 1.82) is 0 Å². The maximum Gasteiger partial charge on any atom is 0.228 e. The summed E-state index contributed by atoms with van der Waals surface area (Å²) in [5, 5.41) is 0. The first-order valence-corrected chi connectivity index (χ1v) is 5.33. The fourth-order valence-electron chi connectivity index (χ4n) is 1.36. The Kier molecular flexibility index (Phi) is 4.43. The van der Waals surface area contributed by atoms with Gasteiger partial charge < -0.3 is 10.6 Å². The molecule has 88 valence electrons. The van der Waals surface area contributed by atoms with Crippen LogP contribution in [0.2, 0.25) is 0 Å². The smallest absolute Gasteiger partial charge is 0.228 e. The third-order valence-corrected chi connectivity index (χ3v) is 2.55. The molecule has 0 aliphatic carbocycles. The van der Waals surface area contributed by atoms with Crippen molar-refractivity contribution in [2.75, 3.05) is 11.9 Å². The number of rotatable bonds is 4. The zero-order chi connectivity index (χ0) is 12.1. The first-order valence-electron chi connectivity index (χ1n) is 5.33. The van der Waals surface area contributed by atoms with E-state index in [1.807, 2.05) is 6.92 Å². The average Bonchev–Trinajstić information content (AvgIpc) is 2.28. The number of benzene rings is 1. The minimum atomic E-state index is -0.400. The summed E-state index contributed by atoms with van der Waals surface area (Å²) in [5.41, 5.74) is 5.97. The Morgan fingerprint density at radius 2 is 2.12 bits per heavy atom. The van der Waals surface area contributed by atoms with E-state index in [0.29, 0.717) is 0 Å². The van der Waals surface area contributed by atoms with E-state index >= 15 is 0 Å². The quantitative estimate of drug-likeness (QED) is 0.849. The van der Waals surface area contributed by atoms with Crippen LogP contribution in [0.3, 0.4) is 0 Å². The lowest BCUT2D eigenvalue weighted by Crippen LogP contribution is -2.33. The summed E-state index contributed by atoms with van der Waals surface area (Å²) in [4.78, 5) is 13.1. The predicted molar refractivity (Wildman–Crippen MR) is 62.7 cm³/mol. The molecule has 1 aromatic rings. The number of nitrogens with zero attached hydrogens (tertiary/aromatic N) is 1. The average molecular weight is 224 g/mol. The van der Waals surface area contributed by atoms with E-state index in [-0.39, 0.29) is 24.1 Å². The van der Waals surface area contributed by atoms with E-state index in [2.05, 4.69) is 0 Å². The summed E-state index contributed by atoms with van der Waals surface area (Å²) in [7, 11) is 1.56. The van der Waals surface area contributed by atoms with Crippen LogP contribution in [-0.2, 0) is 4.79 Å². The molecule has 1 rings (SSSR count). The Bertz CT molecular complexity index is 368. The minimum absolute atomic E-state index is 0.165. The molecule has 0 radical (unpaired) electrons. The monoisotopic (exact) mass is 224 g/mol. The highest BCUT2D eigenvalue weighted by atomic mass is 19.1. The molecule has 2 N–H and O–H groups in total. The molecule has 1 aromatic carbocycles. The number of anilines is 1. The number of para-hydroxylation sites is 1. The molecule has 0 aliphatic rings. The summed E-state index contributed by atoms with van der Waals surface area (Å²) in [6, 6.07) is 6.03. The molecular formula is C12H17FN2O. The Balaban J connectivity index is 2.75.